The van der Waals surface area contributed by atoms with Crippen LogP contribution in [0.25, 0.3) is 5.69 Å². The zero-order chi connectivity index (χ0) is 18.8. The number of aromatic nitrogens is 4. The molecule has 27 heavy (non-hydrogen) atoms. The standard InChI is InChI=1S/C20H23N5O2/c1-14(2)18-22-19(27-23-18)15-8-12-24(13-9-15)20(26)16-6-3-4-7-17(16)25-11-5-10-21-25/h3-7,10-11,14-15H,8-9,12-13H2,1-2H3. The van der Waals surface area contributed by atoms with E-state index in [0.717, 1.165) is 24.4 Å². The van der Waals surface area contributed by atoms with Crippen LogP contribution in [0.5, 0.6) is 0 Å². The van der Waals surface area contributed by atoms with Crippen molar-refractivity contribution in [1.82, 2.24) is 24.8 Å². The molecule has 0 saturated carbocycles. The van der Waals surface area contributed by atoms with Crippen molar-refractivity contribution < 1.29 is 9.32 Å². The zero-order valence-electron chi connectivity index (χ0n) is 15.6. The molecule has 0 atom stereocenters. The molecule has 4 rings (SSSR count). The predicted molar refractivity (Wildman–Crippen MR) is 99.8 cm³/mol. The van der Waals surface area contributed by atoms with Gasteiger partial charge in [-0.3, -0.25) is 4.79 Å². The third-order valence-electron chi connectivity index (χ3n) is 4.99. The van der Waals surface area contributed by atoms with Gasteiger partial charge in [0.2, 0.25) is 5.89 Å². The maximum atomic E-state index is 13.1. The Balaban J connectivity index is 1.46. The van der Waals surface area contributed by atoms with Crippen LogP contribution in [0, 0.1) is 0 Å². The van der Waals surface area contributed by atoms with Crippen molar-refractivity contribution in [1.29, 1.82) is 0 Å². The summed E-state index contributed by atoms with van der Waals surface area (Å²) in [6.45, 7) is 5.45. The Morgan fingerprint density at radius 1 is 1.19 bits per heavy atom. The number of piperidine rings is 1. The van der Waals surface area contributed by atoms with E-state index in [1.807, 2.05) is 55.3 Å². The van der Waals surface area contributed by atoms with E-state index >= 15 is 0 Å². The smallest absolute Gasteiger partial charge is 0.256 e. The second kappa shape index (κ2) is 7.34. The van der Waals surface area contributed by atoms with Gasteiger partial charge in [0.15, 0.2) is 5.82 Å². The number of nitrogens with zero attached hydrogens (tertiary/aromatic N) is 5. The van der Waals surface area contributed by atoms with Crippen LogP contribution in [0.1, 0.15) is 60.6 Å². The first-order valence-electron chi connectivity index (χ1n) is 9.35. The highest BCUT2D eigenvalue weighted by Crippen LogP contribution is 2.29. The molecule has 0 N–H and O–H groups in total. The van der Waals surface area contributed by atoms with Gasteiger partial charge in [-0.15, -0.1) is 0 Å². The summed E-state index contributed by atoms with van der Waals surface area (Å²) in [6.07, 6.45) is 5.22. The van der Waals surface area contributed by atoms with Crippen LogP contribution in [0.3, 0.4) is 0 Å². The van der Waals surface area contributed by atoms with Crippen LogP contribution in [-0.2, 0) is 0 Å². The third-order valence-corrected chi connectivity index (χ3v) is 4.99. The SMILES string of the molecule is CC(C)c1noc(C2CCN(C(=O)c3ccccc3-n3cccn3)CC2)n1. The molecular weight excluding hydrogens is 342 g/mol. The fraction of sp³-hybridized carbons (Fsp3) is 0.400. The maximum absolute atomic E-state index is 13.1. The summed E-state index contributed by atoms with van der Waals surface area (Å²) in [7, 11) is 0. The molecule has 140 valence electrons. The fourth-order valence-corrected chi connectivity index (χ4v) is 3.41. The minimum atomic E-state index is 0.0351. The second-order valence-electron chi connectivity index (χ2n) is 7.18. The van der Waals surface area contributed by atoms with E-state index in [1.165, 1.54) is 0 Å². The molecule has 1 aliphatic rings. The summed E-state index contributed by atoms with van der Waals surface area (Å²) in [6, 6.07) is 9.43. The van der Waals surface area contributed by atoms with Gasteiger partial charge in [-0.1, -0.05) is 31.1 Å². The van der Waals surface area contributed by atoms with Gasteiger partial charge >= 0.3 is 0 Å². The van der Waals surface area contributed by atoms with E-state index < -0.39 is 0 Å². The first-order valence-corrected chi connectivity index (χ1v) is 9.35. The van der Waals surface area contributed by atoms with E-state index in [9.17, 15) is 4.79 Å². The van der Waals surface area contributed by atoms with Gasteiger partial charge in [0.1, 0.15) is 0 Å². The van der Waals surface area contributed by atoms with Gasteiger partial charge < -0.3 is 9.42 Å². The molecule has 1 aromatic carbocycles. The number of likely N-dealkylation sites (tertiary alicyclic amines) is 1. The van der Waals surface area contributed by atoms with Crippen molar-refractivity contribution in [3.05, 3.63) is 60.0 Å². The van der Waals surface area contributed by atoms with Crippen molar-refractivity contribution in [2.45, 2.75) is 38.5 Å². The van der Waals surface area contributed by atoms with Gasteiger partial charge in [0.05, 0.1) is 11.3 Å². The van der Waals surface area contributed by atoms with Gasteiger partial charge in [-0.05, 0) is 31.0 Å². The highest BCUT2D eigenvalue weighted by molar-refractivity contribution is 5.97. The summed E-state index contributed by atoms with van der Waals surface area (Å²) in [5, 5.41) is 8.32. The predicted octanol–water partition coefficient (Wildman–Crippen LogP) is 3.40. The lowest BCUT2D eigenvalue weighted by molar-refractivity contribution is 0.0704. The molecule has 1 fully saturated rings. The molecule has 7 heteroatoms. The monoisotopic (exact) mass is 365 g/mol. The summed E-state index contributed by atoms with van der Waals surface area (Å²) < 4.78 is 7.17. The lowest BCUT2D eigenvalue weighted by atomic mass is 9.96. The molecule has 0 unspecified atom stereocenters. The highest BCUT2D eigenvalue weighted by atomic mass is 16.5. The topological polar surface area (TPSA) is 77.0 Å². The quantitative estimate of drug-likeness (QED) is 0.708. The van der Waals surface area contributed by atoms with Crippen molar-refractivity contribution >= 4 is 5.91 Å². The summed E-state index contributed by atoms with van der Waals surface area (Å²) >= 11 is 0. The van der Waals surface area contributed by atoms with Crippen LogP contribution in [0.15, 0.2) is 47.2 Å². The Kier molecular flexibility index (Phi) is 4.75. The molecule has 0 bridgehead atoms. The van der Waals surface area contributed by atoms with Crippen LogP contribution in [0.4, 0.5) is 0 Å². The minimum Gasteiger partial charge on any atom is -0.339 e. The number of benzene rings is 1. The van der Waals surface area contributed by atoms with Crippen LogP contribution < -0.4 is 0 Å². The Morgan fingerprint density at radius 3 is 2.63 bits per heavy atom. The van der Waals surface area contributed by atoms with E-state index in [0.29, 0.717) is 24.5 Å². The first-order chi connectivity index (χ1) is 13.1. The number of hydrogen-bond donors (Lipinski definition) is 0. The summed E-state index contributed by atoms with van der Waals surface area (Å²) in [5.41, 5.74) is 1.47. The number of amides is 1. The van der Waals surface area contributed by atoms with E-state index in [1.54, 1.807) is 10.9 Å². The van der Waals surface area contributed by atoms with Gasteiger partial charge in [0, 0.05) is 37.3 Å². The maximum Gasteiger partial charge on any atom is 0.256 e. The lowest BCUT2D eigenvalue weighted by Crippen LogP contribution is -2.38. The van der Waals surface area contributed by atoms with E-state index in [4.69, 9.17) is 4.52 Å². The first kappa shape index (κ1) is 17.5. The van der Waals surface area contributed by atoms with Crippen molar-refractivity contribution in [3.63, 3.8) is 0 Å². The molecule has 0 aliphatic carbocycles. The molecule has 1 saturated heterocycles. The van der Waals surface area contributed by atoms with Crippen LogP contribution >= 0.6 is 0 Å². The number of para-hydroxylation sites is 1. The largest absolute Gasteiger partial charge is 0.339 e. The Morgan fingerprint density at radius 2 is 1.96 bits per heavy atom. The van der Waals surface area contributed by atoms with E-state index in [2.05, 4.69) is 15.2 Å². The average Bonchev–Trinajstić information content (AvgIpc) is 3.40. The Labute approximate surface area is 158 Å². The van der Waals surface area contributed by atoms with Gasteiger partial charge in [-0.2, -0.15) is 10.1 Å². The normalized spacial score (nSPS) is 15.4. The fourth-order valence-electron chi connectivity index (χ4n) is 3.41. The molecule has 0 radical (unpaired) electrons. The number of hydrogen-bond acceptors (Lipinski definition) is 5. The highest BCUT2D eigenvalue weighted by Gasteiger charge is 2.29. The number of carbonyl (C=O) groups excluding carboxylic acids is 1. The molecule has 2 aromatic heterocycles. The van der Waals surface area contributed by atoms with E-state index in [-0.39, 0.29) is 17.7 Å². The Hall–Kier alpha value is -2.96. The molecule has 3 heterocycles. The molecular formula is C20H23N5O2. The third kappa shape index (κ3) is 3.49. The van der Waals surface area contributed by atoms with Crippen molar-refractivity contribution in [2.75, 3.05) is 13.1 Å². The number of rotatable bonds is 4. The van der Waals surface area contributed by atoms with Crippen molar-refractivity contribution in [3.8, 4) is 5.69 Å². The minimum absolute atomic E-state index is 0.0351. The van der Waals surface area contributed by atoms with Gasteiger partial charge in [-0.25, -0.2) is 4.68 Å². The van der Waals surface area contributed by atoms with Crippen molar-refractivity contribution in [2.24, 2.45) is 0 Å². The average molecular weight is 365 g/mol. The molecule has 1 amide bonds. The summed E-state index contributed by atoms with van der Waals surface area (Å²) in [5.74, 6) is 1.95. The number of carbonyl (C=O) groups is 1. The lowest BCUT2D eigenvalue weighted by Gasteiger charge is -2.31. The molecule has 7 nitrogen and oxygen atoms in total. The second-order valence-corrected chi connectivity index (χ2v) is 7.18. The molecule has 1 aliphatic heterocycles. The van der Waals surface area contributed by atoms with Crippen LogP contribution in [0.2, 0.25) is 0 Å². The van der Waals surface area contributed by atoms with Crippen LogP contribution in [-0.4, -0.2) is 43.8 Å². The molecule has 0 spiro atoms. The molecule has 3 aromatic rings. The van der Waals surface area contributed by atoms with Gasteiger partial charge in [0.25, 0.3) is 5.91 Å². The Bertz CT molecular complexity index is 908. The summed E-state index contributed by atoms with van der Waals surface area (Å²) in [4.78, 5) is 19.5. The zero-order valence-corrected chi connectivity index (χ0v) is 15.6.